The van der Waals surface area contributed by atoms with E-state index < -0.39 is 0 Å². The van der Waals surface area contributed by atoms with Gasteiger partial charge >= 0.3 is 0 Å². The van der Waals surface area contributed by atoms with E-state index in [2.05, 4.69) is 18.5 Å². The van der Waals surface area contributed by atoms with Gasteiger partial charge in [0.2, 0.25) is 5.91 Å². The first-order valence-electron chi connectivity index (χ1n) is 5.56. The van der Waals surface area contributed by atoms with E-state index in [-0.39, 0.29) is 12.5 Å². The predicted molar refractivity (Wildman–Crippen MR) is 71.9 cm³/mol. The third-order valence-electron chi connectivity index (χ3n) is 2.27. The maximum absolute atomic E-state index is 11.9. The molecule has 0 saturated heterocycles. The summed E-state index contributed by atoms with van der Waals surface area (Å²) in [7, 11) is 0. The van der Waals surface area contributed by atoms with Gasteiger partial charge in [0.1, 0.15) is 0 Å². The monoisotopic (exact) mass is 230 g/mol. The first-order valence-corrected chi connectivity index (χ1v) is 5.56. The zero-order valence-corrected chi connectivity index (χ0v) is 9.93. The van der Waals surface area contributed by atoms with E-state index in [1.807, 2.05) is 30.3 Å². The molecule has 3 heteroatoms. The van der Waals surface area contributed by atoms with E-state index in [1.165, 1.54) is 0 Å². The molecule has 17 heavy (non-hydrogen) atoms. The molecule has 1 N–H and O–H groups in total. The van der Waals surface area contributed by atoms with Crippen LogP contribution in [0.15, 0.2) is 55.6 Å². The van der Waals surface area contributed by atoms with Crippen LogP contribution in [-0.4, -0.2) is 30.4 Å². The highest BCUT2D eigenvalue weighted by Gasteiger charge is 2.09. The highest BCUT2D eigenvalue weighted by atomic mass is 16.2. The molecule has 3 nitrogen and oxygen atoms in total. The third-order valence-corrected chi connectivity index (χ3v) is 2.27. The lowest BCUT2D eigenvalue weighted by Crippen LogP contribution is -2.35. The van der Waals surface area contributed by atoms with Crippen LogP contribution in [-0.2, 0) is 4.79 Å². The van der Waals surface area contributed by atoms with Crippen LogP contribution in [0.5, 0.6) is 0 Å². The van der Waals surface area contributed by atoms with Gasteiger partial charge in [-0.3, -0.25) is 4.79 Å². The van der Waals surface area contributed by atoms with Crippen LogP contribution in [0.2, 0.25) is 0 Å². The summed E-state index contributed by atoms with van der Waals surface area (Å²) < 4.78 is 0. The van der Waals surface area contributed by atoms with Crippen LogP contribution in [0, 0.1) is 0 Å². The van der Waals surface area contributed by atoms with Crippen molar-refractivity contribution < 1.29 is 4.79 Å². The fourth-order valence-corrected chi connectivity index (χ4v) is 1.44. The molecule has 1 rings (SSSR count). The summed E-state index contributed by atoms with van der Waals surface area (Å²) in [5.74, 6) is 0.0358. The van der Waals surface area contributed by atoms with Gasteiger partial charge in [0.25, 0.3) is 0 Å². The Kier molecular flexibility index (Phi) is 5.58. The quantitative estimate of drug-likeness (QED) is 0.729. The van der Waals surface area contributed by atoms with E-state index in [4.69, 9.17) is 0 Å². The largest absolute Gasteiger partial charge is 0.376 e. The average molecular weight is 230 g/mol. The second kappa shape index (κ2) is 7.28. The normalized spacial score (nSPS) is 9.41. The van der Waals surface area contributed by atoms with Crippen molar-refractivity contribution in [1.82, 2.24) is 4.90 Å². The van der Waals surface area contributed by atoms with Crippen molar-refractivity contribution in [3.05, 3.63) is 55.6 Å². The molecule has 0 saturated carbocycles. The number of nitrogens with zero attached hydrogens (tertiary/aromatic N) is 1. The Labute approximate surface area is 102 Å². The molecule has 1 aromatic carbocycles. The summed E-state index contributed by atoms with van der Waals surface area (Å²) in [6.07, 6.45) is 3.42. The van der Waals surface area contributed by atoms with Crippen molar-refractivity contribution in [3.8, 4) is 0 Å². The van der Waals surface area contributed by atoms with Gasteiger partial charge in [-0.1, -0.05) is 30.4 Å². The van der Waals surface area contributed by atoms with Crippen molar-refractivity contribution in [2.75, 3.05) is 25.0 Å². The third kappa shape index (κ3) is 4.55. The van der Waals surface area contributed by atoms with Crippen LogP contribution < -0.4 is 5.32 Å². The Hall–Kier alpha value is -2.03. The molecule has 0 aromatic heterocycles. The van der Waals surface area contributed by atoms with E-state index in [9.17, 15) is 4.79 Å². The standard InChI is InChI=1S/C14H18N2O/c1-3-10-16(11-4-2)14(17)12-15-13-8-6-5-7-9-13/h3-9,15H,1-2,10-12H2. The van der Waals surface area contributed by atoms with Crippen molar-refractivity contribution >= 4 is 11.6 Å². The number of hydrogen-bond acceptors (Lipinski definition) is 2. The van der Waals surface area contributed by atoms with Gasteiger partial charge in [-0.15, -0.1) is 13.2 Å². The second-order valence-corrected chi connectivity index (χ2v) is 3.60. The minimum absolute atomic E-state index is 0.0358. The zero-order chi connectivity index (χ0) is 12.5. The molecule has 0 atom stereocenters. The summed E-state index contributed by atoms with van der Waals surface area (Å²) in [6.45, 7) is 8.64. The number of amides is 1. The van der Waals surface area contributed by atoms with Gasteiger partial charge in [0, 0.05) is 18.8 Å². The fraction of sp³-hybridized carbons (Fsp3) is 0.214. The number of para-hydroxylation sites is 1. The summed E-state index contributed by atoms with van der Waals surface area (Å²) in [5, 5.41) is 3.08. The summed E-state index contributed by atoms with van der Waals surface area (Å²) in [4.78, 5) is 13.6. The second-order valence-electron chi connectivity index (χ2n) is 3.60. The number of benzene rings is 1. The molecule has 0 aliphatic heterocycles. The maximum atomic E-state index is 11.9. The molecule has 90 valence electrons. The van der Waals surface area contributed by atoms with Crippen molar-refractivity contribution in [3.63, 3.8) is 0 Å². The highest BCUT2D eigenvalue weighted by Crippen LogP contribution is 2.04. The lowest BCUT2D eigenvalue weighted by molar-refractivity contribution is -0.128. The number of carbonyl (C=O) groups excluding carboxylic acids is 1. The van der Waals surface area contributed by atoms with Gasteiger partial charge in [0.05, 0.1) is 6.54 Å². The summed E-state index contributed by atoms with van der Waals surface area (Å²) >= 11 is 0. The number of nitrogens with one attached hydrogen (secondary N) is 1. The van der Waals surface area contributed by atoms with Crippen LogP contribution >= 0.6 is 0 Å². The highest BCUT2D eigenvalue weighted by molar-refractivity contribution is 5.81. The van der Waals surface area contributed by atoms with E-state index in [1.54, 1.807) is 17.1 Å². The predicted octanol–water partition coefficient (Wildman–Crippen LogP) is 2.30. The fourth-order valence-electron chi connectivity index (χ4n) is 1.44. The maximum Gasteiger partial charge on any atom is 0.242 e. The molecule has 0 unspecified atom stereocenters. The van der Waals surface area contributed by atoms with Crippen LogP contribution in [0.3, 0.4) is 0 Å². The van der Waals surface area contributed by atoms with Gasteiger partial charge < -0.3 is 10.2 Å². The smallest absolute Gasteiger partial charge is 0.242 e. The van der Waals surface area contributed by atoms with Gasteiger partial charge in [-0.05, 0) is 12.1 Å². The molecule has 0 bridgehead atoms. The lowest BCUT2D eigenvalue weighted by atomic mass is 10.3. The van der Waals surface area contributed by atoms with E-state index in [0.717, 1.165) is 5.69 Å². The Morgan fingerprint density at radius 1 is 1.18 bits per heavy atom. The molecule has 1 aromatic rings. The van der Waals surface area contributed by atoms with E-state index >= 15 is 0 Å². The Morgan fingerprint density at radius 2 is 1.76 bits per heavy atom. The first-order chi connectivity index (χ1) is 8.27. The number of carbonyl (C=O) groups is 1. The molecule has 1 amide bonds. The average Bonchev–Trinajstić information content (AvgIpc) is 2.37. The SMILES string of the molecule is C=CCN(CC=C)C(=O)CNc1ccccc1. The number of anilines is 1. The van der Waals surface area contributed by atoms with Gasteiger partial charge in [0.15, 0.2) is 0 Å². The lowest BCUT2D eigenvalue weighted by Gasteiger charge is -2.19. The molecule has 0 spiro atoms. The Morgan fingerprint density at radius 3 is 2.29 bits per heavy atom. The molecule has 0 radical (unpaired) electrons. The Bertz CT molecular complexity index is 363. The van der Waals surface area contributed by atoms with Gasteiger partial charge in [-0.25, -0.2) is 0 Å². The van der Waals surface area contributed by atoms with Gasteiger partial charge in [-0.2, -0.15) is 0 Å². The van der Waals surface area contributed by atoms with Crippen LogP contribution in [0.25, 0.3) is 0 Å². The minimum atomic E-state index is 0.0358. The van der Waals surface area contributed by atoms with E-state index in [0.29, 0.717) is 13.1 Å². The summed E-state index contributed by atoms with van der Waals surface area (Å²) in [5.41, 5.74) is 0.943. The molecular formula is C14H18N2O. The molecule has 0 heterocycles. The van der Waals surface area contributed by atoms with Crippen LogP contribution in [0.1, 0.15) is 0 Å². The van der Waals surface area contributed by atoms with Crippen molar-refractivity contribution in [1.29, 1.82) is 0 Å². The topological polar surface area (TPSA) is 32.3 Å². The Balaban J connectivity index is 2.46. The summed E-state index contributed by atoms with van der Waals surface area (Å²) in [6, 6.07) is 9.65. The number of rotatable bonds is 7. The van der Waals surface area contributed by atoms with Crippen LogP contribution in [0.4, 0.5) is 5.69 Å². The minimum Gasteiger partial charge on any atom is -0.376 e. The van der Waals surface area contributed by atoms with Crippen molar-refractivity contribution in [2.45, 2.75) is 0 Å². The number of hydrogen-bond donors (Lipinski definition) is 1. The molecule has 0 fully saturated rings. The zero-order valence-electron chi connectivity index (χ0n) is 9.93. The molecular weight excluding hydrogens is 212 g/mol. The van der Waals surface area contributed by atoms with Crippen molar-refractivity contribution in [2.24, 2.45) is 0 Å². The first kappa shape index (κ1) is 13.0. The molecule has 0 aliphatic carbocycles. The molecule has 0 aliphatic rings.